The number of amidine groups is 1. The molecule has 0 bridgehead atoms. The number of nitrogens with zero attached hydrogens (tertiary/aromatic N) is 3. The minimum Gasteiger partial charge on any atom is -0.286 e. The Kier molecular flexibility index (Phi) is 4.78. The molecule has 0 aromatic carbocycles. The van der Waals surface area contributed by atoms with Crippen LogP contribution in [0.25, 0.3) is 0 Å². The Morgan fingerprint density at radius 2 is 2.45 bits per heavy atom. The molecular formula is C7H12N4. The molecule has 0 aromatic heterocycles. The van der Waals surface area contributed by atoms with Gasteiger partial charge in [-0.2, -0.15) is 0 Å². The van der Waals surface area contributed by atoms with E-state index in [-0.39, 0.29) is 0 Å². The molecule has 4 nitrogen and oxygen atoms in total. The van der Waals surface area contributed by atoms with Gasteiger partial charge in [0.1, 0.15) is 12.2 Å². The van der Waals surface area contributed by atoms with Crippen molar-refractivity contribution in [3.05, 3.63) is 0 Å². The van der Waals surface area contributed by atoms with E-state index in [2.05, 4.69) is 15.9 Å². The fourth-order valence-corrected chi connectivity index (χ4v) is 0.428. The van der Waals surface area contributed by atoms with Gasteiger partial charge in [0.05, 0.1) is 6.54 Å². The Morgan fingerprint density at radius 1 is 1.82 bits per heavy atom. The molecule has 0 aliphatic rings. The van der Waals surface area contributed by atoms with Crippen molar-refractivity contribution in [2.45, 2.75) is 6.92 Å². The molecule has 0 aromatic rings. The zero-order valence-electron chi connectivity index (χ0n) is 6.78. The van der Waals surface area contributed by atoms with Crippen molar-refractivity contribution in [2.75, 3.05) is 13.6 Å². The molecule has 60 valence electrons. The van der Waals surface area contributed by atoms with Crippen LogP contribution >= 0.6 is 0 Å². The van der Waals surface area contributed by atoms with Gasteiger partial charge in [0.15, 0.2) is 0 Å². The zero-order chi connectivity index (χ0) is 8.69. The zero-order valence-corrected chi connectivity index (χ0v) is 6.78. The fraction of sp³-hybridized carbons (Fsp3) is 0.429. The quantitative estimate of drug-likeness (QED) is 0.197. The molecule has 0 spiro atoms. The molecule has 11 heavy (non-hydrogen) atoms. The van der Waals surface area contributed by atoms with E-state index in [1.54, 1.807) is 14.0 Å². The van der Waals surface area contributed by atoms with Crippen molar-refractivity contribution >= 4 is 12.2 Å². The Morgan fingerprint density at radius 3 is 2.91 bits per heavy atom. The van der Waals surface area contributed by atoms with Crippen molar-refractivity contribution in [3.8, 4) is 12.3 Å². The van der Waals surface area contributed by atoms with Crippen molar-refractivity contribution < 1.29 is 0 Å². The third-order valence-corrected chi connectivity index (χ3v) is 1.04. The summed E-state index contributed by atoms with van der Waals surface area (Å²) in [5.74, 6) is 8.51. The highest BCUT2D eigenvalue weighted by Gasteiger charge is 1.95. The monoisotopic (exact) mass is 152 g/mol. The van der Waals surface area contributed by atoms with E-state index < -0.39 is 0 Å². The average molecular weight is 152 g/mol. The summed E-state index contributed by atoms with van der Waals surface area (Å²) in [7, 11) is 1.64. The Hall–Kier alpha value is -1.34. The van der Waals surface area contributed by atoms with E-state index in [1.807, 2.05) is 0 Å². The van der Waals surface area contributed by atoms with E-state index in [0.29, 0.717) is 12.4 Å². The molecule has 0 unspecified atom stereocenters. The van der Waals surface area contributed by atoms with Crippen LogP contribution in [0.3, 0.4) is 0 Å². The van der Waals surface area contributed by atoms with Crippen LogP contribution in [-0.2, 0) is 0 Å². The number of rotatable bonds is 2. The van der Waals surface area contributed by atoms with Crippen LogP contribution in [0.4, 0.5) is 0 Å². The Balaban J connectivity index is 4.02. The maximum atomic E-state index is 5.47. The van der Waals surface area contributed by atoms with Gasteiger partial charge < -0.3 is 0 Å². The normalized spacial score (nSPS) is 11.6. The van der Waals surface area contributed by atoms with E-state index in [9.17, 15) is 0 Å². The first-order chi connectivity index (χ1) is 5.22. The largest absolute Gasteiger partial charge is 0.286 e. The van der Waals surface area contributed by atoms with Crippen LogP contribution in [0.2, 0.25) is 0 Å². The summed E-state index contributed by atoms with van der Waals surface area (Å²) in [5.41, 5.74) is 0. The van der Waals surface area contributed by atoms with Crippen molar-refractivity contribution in [1.29, 1.82) is 0 Å². The highest BCUT2D eigenvalue weighted by atomic mass is 15.4. The first kappa shape index (κ1) is 9.66. The number of terminal acetylenes is 1. The summed E-state index contributed by atoms with van der Waals surface area (Å²) in [6.45, 7) is 2.12. The second kappa shape index (κ2) is 5.45. The molecule has 4 heteroatoms. The molecule has 0 rings (SSSR count). The predicted octanol–water partition coefficient (Wildman–Crippen LogP) is -0.128. The number of hydrazine groups is 1. The molecule has 0 saturated heterocycles. The number of hydrogen-bond donors (Lipinski definition) is 1. The number of aliphatic imine (C=N–C) groups is 2. The molecule has 0 aliphatic carbocycles. The number of hydrogen-bond acceptors (Lipinski definition) is 2. The summed E-state index contributed by atoms with van der Waals surface area (Å²) in [6, 6.07) is 0. The molecule has 0 aliphatic heterocycles. The molecule has 2 N–H and O–H groups in total. The second-order valence-electron chi connectivity index (χ2n) is 1.88. The van der Waals surface area contributed by atoms with Gasteiger partial charge >= 0.3 is 0 Å². The third-order valence-electron chi connectivity index (χ3n) is 1.04. The third kappa shape index (κ3) is 4.12. The Bertz CT molecular complexity index is 199. The highest BCUT2D eigenvalue weighted by Crippen LogP contribution is 1.80. The van der Waals surface area contributed by atoms with Crippen LogP contribution < -0.4 is 5.84 Å². The minimum atomic E-state index is 0.354. The summed E-state index contributed by atoms with van der Waals surface area (Å²) in [4.78, 5) is 7.56. The van der Waals surface area contributed by atoms with E-state index >= 15 is 0 Å². The van der Waals surface area contributed by atoms with Gasteiger partial charge in [0.25, 0.3) is 0 Å². The predicted molar refractivity (Wildman–Crippen MR) is 47.3 cm³/mol. The molecule has 0 radical (unpaired) electrons. The maximum Gasteiger partial charge on any atom is 0.118 e. The van der Waals surface area contributed by atoms with Gasteiger partial charge in [0, 0.05) is 7.05 Å². The average Bonchev–Trinajstić information content (AvgIpc) is 2.00. The van der Waals surface area contributed by atoms with Crippen molar-refractivity contribution in [1.82, 2.24) is 5.01 Å². The second-order valence-corrected chi connectivity index (χ2v) is 1.88. The molecular weight excluding hydrogens is 140 g/mol. The molecule has 0 fully saturated rings. The molecule has 0 saturated carbocycles. The SMILES string of the molecule is C#CCN(N)C(C)=NC=NC. The summed E-state index contributed by atoms with van der Waals surface area (Å²) in [6.07, 6.45) is 6.46. The smallest absolute Gasteiger partial charge is 0.118 e. The lowest BCUT2D eigenvalue weighted by Gasteiger charge is -2.12. The Labute approximate surface area is 66.8 Å². The van der Waals surface area contributed by atoms with E-state index in [1.165, 1.54) is 11.3 Å². The van der Waals surface area contributed by atoms with Gasteiger partial charge in [-0.05, 0) is 6.92 Å². The first-order valence-corrected chi connectivity index (χ1v) is 3.13. The van der Waals surface area contributed by atoms with Crippen LogP contribution in [0.1, 0.15) is 6.92 Å². The maximum absolute atomic E-state index is 5.47. The first-order valence-electron chi connectivity index (χ1n) is 3.13. The lowest BCUT2D eigenvalue weighted by atomic mass is 10.5. The van der Waals surface area contributed by atoms with Gasteiger partial charge in [-0.1, -0.05) is 5.92 Å². The van der Waals surface area contributed by atoms with Crippen LogP contribution in [-0.4, -0.2) is 30.8 Å². The lowest BCUT2D eigenvalue weighted by Crippen LogP contribution is -2.35. The summed E-state index contributed by atoms with van der Waals surface area (Å²) < 4.78 is 0. The van der Waals surface area contributed by atoms with Gasteiger partial charge in [-0.3, -0.25) is 10.0 Å². The highest BCUT2D eigenvalue weighted by molar-refractivity contribution is 5.86. The number of nitrogens with two attached hydrogens (primary N) is 1. The van der Waals surface area contributed by atoms with Crippen LogP contribution in [0.5, 0.6) is 0 Å². The lowest BCUT2D eigenvalue weighted by molar-refractivity contribution is 0.494. The van der Waals surface area contributed by atoms with Gasteiger partial charge in [0.2, 0.25) is 0 Å². The van der Waals surface area contributed by atoms with Crippen molar-refractivity contribution in [3.63, 3.8) is 0 Å². The fourth-order valence-electron chi connectivity index (χ4n) is 0.428. The summed E-state index contributed by atoms with van der Waals surface area (Å²) >= 11 is 0. The molecule has 0 atom stereocenters. The van der Waals surface area contributed by atoms with E-state index in [4.69, 9.17) is 12.3 Å². The van der Waals surface area contributed by atoms with Gasteiger partial charge in [-0.15, -0.1) is 6.42 Å². The topological polar surface area (TPSA) is 54.0 Å². The summed E-state index contributed by atoms with van der Waals surface area (Å²) in [5, 5.41) is 1.38. The van der Waals surface area contributed by atoms with Crippen LogP contribution in [0, 0.1) is 12.3 Å². The molecule has 0 heterocycles. The van der Waals surface area contributed by atoms with Crippen LogP contribution in [0.15, 0.2) is 9.98 Å². The van der Waals surface area contributed by atoms with E-state index in [0.717, 1.165) is 0 Å². The molecule has 0 amide bonds. The van der Waals surface area contributed by atoms with Crippen molar-refractivity contribution in [2.24, 2.45) is 15.8 Å². The van der Waals surface area contributed by atoms with Gasteiger partial charge in [-0.25, -0.2) is 10.8 Å². The minimum absolute atomic E-state index is 0.354. The standard InChI is InChI=1S/C7H12N4/c1-4-5-11(8)7(2)10-6-9-3/h1,6H,5,8H2,2-3H3.